The first kappa shape index (κ1) is 24.3. The smallest absolute Gasteiger partial charge is 0.222 e. The van der Waals surface area contributed by atoms with E-state index in [0.29, 0.717) is 37.6 Å². The summed E-state index contributed by atoms with van der Waals surface area (Å²) in [7, 11) is 3.26. The molecule has 2 N–H and O–H groups in total. The minimum absolute atomic E-state index is 0. The third kappa shape index (κ3) is 6.15. The molecule has 7 nitrogen and oxygen atoms in total. The second-order valence-corrected chi connectivity index (χ2v) is 6.56. The molecule has 1 aliphatic rings. The molecule has 0 aliphatic carbocycles. The lowest BCUT2D eigenvalue weighted by Crippen LogP contribution is -2.37. The SMILES string of the molecule is CCN(CC)C(N)=NCCCC(=O)N1CCc2cc(OC)c(OC)cc2C1.I. The molecule has 1 amide bonds. The maximum Gasteiger partial charge on any atom is 0.222 e. The number of fused-ring (bicyclic) bond motifs is 1. The standard InChI is InChI=1S/C20H32N4O3.HI/c1-5-23(6-2)20(21)22-10-7-8-19(25)24-11-9-15-12-17(26-3)18(27-4)13-16(15)14-24;/h12-13H,5-11,14H2,1-4H3,(H2,21,22);1H. The summed E-state index contributed by atoms with van der Waals surface area (Å²) in [6.07, 6.45) is 2.02. The average molecular weight is 504 g/mol. The van der Waals surface area contributed by atoms with Crippen LogP contribution in [0.15, 0.2) is 17.1 Å². The van der Waals surface area contributed by atoms with Gasteiger partial charge in [-0.2, -0.15) is 0 Å². The molecule has 158 valence electrons. The van der Waals surface area contributed by atoms with E-state index in [1.54, 1.807) is 14.2 Å². The Morgan fingerprint density at radius 1 is 1.18 bits per heavy atom. The lowest BCUT2D eigenvalue weighted by Gasteiger charge is -2.29. The monoisotopic (exact) mass is 504 g/mol. The number of guanidine groups is 1. The number of rotatable bonds is 8. The van der Waals surface area contributed by atoms with Crippen molar-refractivity contribution in [3.63, 3.8) is 0 Å². The van der Waals surface area contributed by atoms with Gasteiger partial charge in [-0.3, -0.25) is 9.79 Å². The first-order chi connectivity index (χ1) is 13.0. The Labute approximate surface area is 185 Å². The van der Waals surface area contributed by atoms with Gasteiger partial charge in [0.05, 0.1) is 14.2 Å². The van der Waals surface area contributed by atoms with Gasteiger partial charge in [-0.1, -0.05) is 0 Å². The molecular weight excluding hydrogens is 471 g/mol. The van der Waals surface area contributed by atoms with Crippen molar-refractivity contribution in [3.05, 3.63) is 23.3 Å². The molecule has 0 atom stereocenters. The summed E-state index contributed by atoms with van der Waals surface area (Å²) in [5.74, 6) is 2.15. The van der Waals surface area contributed by atoms with Gasteiger partial charge in [0.25, 0.3) is 0 Å². The highest BCUT2D eigenvalue weighted by Crippen LogP contribution is 2.33. The molecule has 1 aromatic rings. The van der Waals surface area contributed by atoms with Crippen LogP contribution in [0.5, 0.6) is 11.5 Å². The van der Waals surface area contributed by atoms with E-state index < -0.39 is 0 Å². The van der Waals surface area contributed by atoms with Crippen LogP contribution in [0, 0.1) is 0 Å². The Bertz CT molecular complexity index is 678. The number of carbonyl (C=O) groups is 1. The third-order valence-corrected chi connectivity index (χ3v) is 4.98. The van der Waals surface area contributed by atoms with E-state index in [1.165, 1.54) is 5.56 Å². The minimum Gasteiger partial charge on any atom is -0.493 e. The lowest BCUT2D eigenvalue weighted by atomic mass is 9.98. The fourth-order valence-electron chi connectivity index (χ4n) is 3.33. The van der Waals surface area contributed by atoms with E-state index in [0.717, 1.165) is 37.4 Å². The van der Waals surface area contributed by atoms with Crippen molar-refractivity contribution >= 4 is 35.8 Å². The first-order valence-corrected chi connectivity index (χ1v) is 9.60. The molecule has 0 aromatic heterocycles. The van der Waals surface area contributed by atoms with Crippen LogP contribution in [0.1, 0.15) is 37.8 Å². The molecule has 1 aliphatic heterocycles. The third-order valence-electron chi connectivity index (χ3n) is 4.98. The highest BCUT2D eigenvalue weighted by atomic mass is 127. The maximum absolute atomic E-state index is 12.6. The van der Waals surface area contributed by atoms with E-state index in [2.05, 4.69) is 4.99 Å². The zero-order valence-corrected chi connectivity index (χ0v) is 19.7. The van der Waals surface area contributed by atoms with E-state index >= 15 is 0 Å². The van der Waals surface area contributed by atoms with Gasteiger partial charge >= 0.3 is 0 Å². The number of hydrogen-bond donors (Lipinski definition) is 1. The van der Waals surface area contributed by atoms with E-state index in [-0.39, 0.29) is 29.9 Å². The van der Waals surface area contributed by atoms with Crippen LogP contribution in [0.25, 0.3) is 0 Å². The number of aliphatic imine (C=N–C) groups is 1. The number of carbonyl (C=O) groups excluding carboxylic acids is 1. The van der Waals surface area contributed by atoms with E-state index in [9.17, 15) is 4.79 Å². The molecule has 0 saturated heterocycles. The van der Waals surface area contributed by atoms with Crippen LogP contribution >= 0.6 is 24.0 Å². The highest BCUT2D eigenvalue weighted by Gasteiger charge is 2.22. The molecule has 0 spiro atoms. The normalized spacial score (nSPS) is 13.4. The summed E-state index contributed by atoms with van der Waals surface area (Å²) >= 11 is 0. The highest BCUT2D eigenvalue weighted by molar-refractivity contribution is 14.0. The van der Waals surface area contributed by atoms with E-state index in [1.807, 2.05) is 35.8 Å². The van der Waals surface area contributed by atoms with Crippen molar-refractivity contribution in [2.75, 3.05) is 40.4 Å². The topological polar surface area (TPSA) is 80.4 Å². The summed E-state index contributed by atoms with van der Waals surface area (Å²) in [6, 6.07) is 3.99. The quantitative estimate of drug-likeness (QED) is 0.255. The molecule has 8 heteroatoms. The molecule has 0 fully saturated rings. The summed E-state index contributed by atoms with van der Waals surface area (Å²) < 4.78 is 10.7. The van der Waals surface area contributed by atoms with Gasteiger partial charge in [-0.25, -0.2) is 0 Å². The molecule has 1 heterocycles. The molecule has 0 unspecified atom stereocenters. The molecule has 28 heavy (non-hydrogen) atoms. The van der Waals surface area contributed by atoms with Crippen LogP contribution in [-0.2, 0) is 17.8 Å². The van der Waals surface area contributed by atoms with Gasteiger partial charge in [-0.05, 0) is 49.9 Å². The van der Waals surface area contributed by atoms with Gasteiger partial charge in [0.1, 0.15) is 0 Å². The van der Waals surface area contributed by atoms with Crippen molar-refractivity contribution in [1.82, 2.24) is 9.80 Å². The number of nitrogens with zero attached hydrogens (tertiary/aromatic N) is 3. The average Bonchev–Trinajstić information content (AvgIpc) is 2.70. The number of nitrogens with two attached hydrogens (primary N) is 1. The Hall–Kier alpha value is -1.71. The van der Waals surface area contributed by atoms with Gasteiger partial charge in [-0.15, -0.1) is 24.0 Å². The fourth-order valence-corrected chi connectivity index (χ4v) is 3.33. The Morgan fingerprint density at radius 3 is 2.36 bits per heavy atom. The van der Waals surface area contributed by atoms with Crippen LogP contribution < -0.4 is 15.2 Å². The predicted molar refractivity (Wildman–Crippen MR) is 123 cm³/mol. The van der Waals surface area contributed by atoms with Gasteiger partial charge in [0, 0.05) is 39.1 Å². The summed E-state index contributed by atoms with van der Waals surface area (Å²) in [5.41, 5.74) is 8.30. The number of hydrogen-bond acceptors (Lipinski definition) is 4. The van der Waals surface area contributed by atoms with Crippen LogP contribution in [-0.4, -0.2) is 62.1 Å². The summed E-state index contributed by atoms with van der Waals surface area (Å²) in [4.78, 5) is 20.8. The van der Waals surface area contributed by atoms with Crippen molar-refractivity contribution in [2.24, 2.45) is 10.7 Å². The zero-order valence-electron chi connectivity index (χ0n) is 17.4. The van der Waals surface area contributed by atoms with Crippen LogP contribution in [0.4, 0.5) is 0 Å². The molecular formula is C20H33IN4O3. The van der Waals surface area contributed by atoms with Crippen molar-refractivity contribution in [3.8, 4) is 11.5 Å². The summed E-state index contributed by atoms with van der Waals surface area (Å²) in [6.45, 7) is 7.69. The summed E-state index contributed by atoms with van der Waals surface area (Å²) in [5, 5.41) is 0. The fraction of sp³-hybridized carbons (Fsp3) is 0.600. The molecule has 0 bridgehead atoms. The molecule has 2 rings (SSSR count). The van der Waals surface area contributed by atoms with Gasteiger partial charge < -0.3 is 25.0 Å². The Kier molecular flexibility index (Phi) is 10.4. The number of methoxy groups -OCH3 is 2. The van der Waals surface area contributed by atoms with Gasteiger partial charge in [0.15, 0.2) is 17.5 Å². The molecule has 1 aromatic carbocycles. The minimum atomic E-state index is 0. The molecule has 0 radical (unpaired) electrons. The van der Waals surface area contributed by atoms with Crippen molar-refractivity contribution in [2.45, 2.75) is 39.7 Å². The maximum atomic E-state index is 12.6. The Morgan fingerprint density at radius 2 is 1.79 bits per heavy atom. The largest absolute Gasteiger partial charge is 0.493 e. The number of amides is 1. The van der Waals surface area contributed by atoms with Gasteiger partial charge in [0.2, 0.25) is 5.91 Å². The lowest BCUT2D eigenvalue weighted by molar-refractivity contribution is -0.132. The second kappa shape index (κ2) is 12.0. The van der Waals surface area contributed by atoms with Crippen molar-refractivity contribution < 1.29 is 14.3 Å². The van der Waals surface area contributed by atoms with E-state index in [4.69, 9.17) is 15.2 Å². The molecule has 0 saturated carbocycles. The number of ether oxygens (including phenoxy) is 2. The number of halogens is 1. The predicted octanol–water partition coefficient (Wildman–Crippen LogP) is 2.64. The number of benzene rings is 1. The second-order valence-electron chi connectivity index (χ2n) is 6.56. The van der Waals surface area contributed by atoms with Crippen molar-refractivity contribution in [1.29, 1.82) is 0 Å². The Balaban J connectivity index is 0.00000392. The zero-order chi connectivity index (χ0) is 19.8. The van der Waals surface area contributed by atoms with Crippen LogP contribution in [0.2, 0.25) is 0 Å². The first-order valence-electron chi connectivity index (χ1n) is 9.60. The van der Waals surface area contributed by atoms with Crippen LogP contribution in [0.3, 0.4) is 0 Å².